The Morgan fingerprint density at radius 1 is 0.795 bits per heavy atom. The van der Waals surface area contributed by atoms with Gasteiger partial charge in [-0.3, -0.25) is 0 Å². The lowest BCUT2D eigenvalue weighted by Gasteiger charge is -2.08. The van der Waals surface area contributed by atoms with Crippen molar-refractivity contribution in [2.24, 2.45) is 0 Å². The molecule has 0 bridgehead atoms. The van der Waals surface area contributed by atoms with Crippen LogP contribution in [0.15, 0.2) is 134 Å². The second-order valence-corrected chi connectivity index (χ2v) is 10.8. The van der Waals surface area contributed by atoms with Gasteiger partial charge in [0.1, 0.15) is 0 Å². The van der Waals surface area contributed by atoms with Gasteiger partial charge in [-0.2, -0.15) is 0 Å². The molecule has 0 unspecified atom stereocenters. The molecule has 0 aliphatic rings. The topological polar surface area (TPSA) is 20.7 Å². The van der Waals surface area contributed by atoms with Crippen molar-refractivity contribution in [3.63, 3.8) is 0 Å². The van der Waals surface area contributed by atoms with Crippen LogP contribution in [-0.2, 0) is 0 Å². The molecule has 2 aromatic heterocycles. The fourth-order valence-corrected chi connectivity index (χ4v) is 5.91. The molecule has 0 amide bonds. The summed E-state index contributed by atoms with van der Waals surface area (Å²) < 4.78 is 2.39. The van der Waals surface area contributed by atoms with E-state index in [0.29, 0.717) is 0 Å². The van der Waals surface area contributed by atoms with Gasteiger partial charge in [0.2, 0.25) is 0 Å². The van der Waals surface area contributed by atoms with Crippen LogP contribution in [0.3, 0.4) is 0 Å². The zero-order valence-corrected chi connectivity index (χ0v) is 26.6. The zero-order chi connectivity index (χ0) is 31.2. The highest BCUT2D eigenvalue weighted by Crippen LogP contribution is 2.40. The van der Waals surface area contributed by atoms with Crippen LogP contribution in [0.4, 0.5) is 0 Å². The number of rotatable bonds is 5. The van der Waals surface area contributed by atoms with Gasteiger partial charge in [0.25, 0.3) is 0 Å². The summed E-state index contributed by atoms with van der Waals surface area (Å²) in [4.78, 5) is 3.70. The summed E-state index contributed by atoms with van der Waals surface area (Å²) in [6, 6.07) is 33.0. The molecule has 2 nitrogen and oxygen atoms in total. The number of aromatic amines is 1. The number of aromatic nitrogens is 2. The number of nitrogens with zero attached hydrogens (tertiary/aromatic N) is 1. The van der Waals surface area contributed by atoms with E-state index < -0.39 is 0 Å². The summed E-state index contributed by atoms with van der Waals surface area (Å²) >= 11 is 0. The van der Waals surface area contributed by atoms with Crippen molar-refractivity contribution in [3.05, 3.63) is 145 Å². The molecule has 7 rings (SSSR count). The maximum absolute atomic E-state index is 3.90. The van der Waals surface area contributed by atoms with Crippen molar-refractivity contribution in [2.75, 3.05) is 0 Å². The monoisotopic (exact) mass is 574 g/mol. The van der Waals surface area contributed by atoms with Crippen LogP contribution in [0.25, 0.3) is 66.1 Å². The van der Waals surface area contributed by atoms with Crippen molar-refractivity contribution in [3.8, 4) is 5.69 Å². The molecule has 0 aliphatic heterocycles. The van der Waals surface area contributed by atoms with E-state index in [-0.39, 0.29) is 0 Å². The van der Waals surface area contributed by atoms with Crippen molar-refractivity contribution in [2.45, 2.75) is 41.0 Å². The molecule has 5 aromatic carbocycles. The van der Waals surface area contributed by atoms with Crippen molar-refractivity contribution >= 4 is 60.5 Å². The minimum absolute atomic E-state index is 1.06. The summed E-state index contributed by atoms with van der Waals surface area (Å²) in [5.41, 5.74) is 9.60. The van der Waals surface area contributed by atoms with Crippen molar-refractivity contribution in [1.29, 1.82) is 0 Å². The first-order valence-corrected chi connectivity index (χ1v) is 15.6. The van der Waals surface area contributed by atoms with Gasteiger partial charge in [0.05, 0.1) is 11.0 Å². The maximum atomic E-state index is 3.90. The largest absolute Gasteiger partial charge is 0.354 e. The first-order chi connectivity index (χ1) is 21.5. The molecule has 0 saturated heterocycles. The molecule has 0 radical (unpaired) electrons. The average Bonchev–Trinajstić information content (AvgIpc) is 3.57. The number of nitrogens with one attached hydrogen (secondary N) is 1. The summed E-state index contributed by atoms with van der Waals surface area (Å²) in [5.74, 6) is 0. The fourth-order valence-electron chi connectivity index (χ4n) is 5.91. The first-order valence-electron chi connectivity index (χ1n) is 15.6. The molecule has 2 heterocycles. The van der Waals surface area contributed by atoms with Crippen molar-refractivity contribution in [1.82, 2.24) is 9.55 Å². The lowest BCUT2D eigenvalue weighted by Crippen LogP contribution is -1.93. The molecule has 0 aliphatic carbocycles. The molecule has 0 spiro atoms. The van der Waals surface area contributed by atoms with E-state index in [9.17, 15) is 0 Å². The molecule has 7 aromatic rings. The fraction of sp³-hybridized carbons (Fsp3) is 0.143. The summed E-state index contributed by atoms with van der Waals surface area (Å²) in [5, 5.41) is 7.57. The Balaban J connectivity index is 0.000000379. The first kappa shape index (κ1) is 30.4. The van der Waals surface area contributed by atoms with Gasteiger partial charge in [-0.15, -0.1) is 0 Å². The highest BCUT2D eigenvalue weighted by atomic mass is 15.0. The summed E-state index contributed by atoms with van der Waals surface area (Å²) in [6.45, 7) is 18.0. The molecule has 0 atom stereocenters. The van der Waals surface area contributed by atoms with Gasteiger partial charge < -0.3 is 9.55 Å². The van der Waals surface area contributed by atoms with Crippen molar-refractivity contribution < 1.29 is 0 Å². The third-order valence-electron chi connectivity index (χ3n) is 8.04. The van der Waals surface area contributed by atoms with E-state index in [2.05, 4.69) is 134 Å². The highest BCUT2D eigenvalue weighted by Gasteiger charge is 2.18. The number of benzene rings is 5. The van der Waals surface area contributed by atoms with E-state index >= 15 is 0 Å². The minimum atomic E-state index is 1.06. The van der Waals surface area contributed by atoms with Crippen LogP contribution in [-0.4, -0.2) is 9.55 Å². The minimum Gasteiger partial charge on any atom is -0.354 e. The molecular weight excluding hydrogens is 532 g/mol. The third kappa shape index (κ3) is 5.64. The Hall–Kier alpha value is -5.08. The Bertz CT molecular complexity index is 2160. The SMILES string of the molecule is C=C(/C=C\C)CC.C=C/C=C\c1c(C)ccc2c1c1cc3c(cc1n2-c1ccccc1)[nH]c1cc2ccccc2cc13.CC. The van der Waals surface area contributed by atoms with E-state index in [1.54, 1.807) is 0 Å². The molecule has 2 heteroatoms. The predicted octanol–water partition coefficient (Wildman–Crippen LogP) is 12.6. The van der Waals surface area contributed by atoms with Crippen LogP contribution >= 0.6 is 0 Å². The Morgan fingerprint density at radius 3 is 2.11 bits per heavy atom. The van der Waals surface area contributed by atoms with Gasteiger partial charge in [0, 0.05) is 38.3 Å². The number of para-hydroxylation sites is 1. The van der Waals surface area contributed by atoms with Crippen LogP contribution < -0.4 is 0 Å². The smallest absolute Gasteiger partial charge is 0.0562 e. The van der Waals surface area contributed by atoms with Gasteiger partial charge in [-0.05, 0) is 84.6 Å². The zero-order valence-electron chi connectivity index (χ0n) is 26.6. The number of hydrogen-bond donors (Lipinski definition) is 1. The number of aryl methyl sites for hydroxylation is 1. The number of hydrogen-bond acceptors (Lipinski definition) is 0. The summed E-state index contributed by atoms with van der Waals surface area (Å²) in [7, 11) is 0. The van der Waals surface area contributed by atoms with E-state index in [1.165, 1.54) is 65.6 Å². The quantitative estimate of drug-likeness (QED) is 0.197. The van der Waals surface area contributed by atoms with Gasteiger partial charge >= 0.3 is 0 Å². The number of fused-ring (bicyclic) bond motifs is 7. The lowest BCUT2D eigenvalue weighted by atomic mass is 9.99. The maximum Gasteiger partial charge on any atom is 0.0562 e. The molecule has 1 N–H and O–H groups in total. The second kappa shape index (κ2) is 13.5. The Labute approximate surface area is 261 Å². The van der Waals surface area contributed by atoms with Gasteiger partial charge in [-0.25, -0.2) is 0 Å². The molecule has 44 heavy (non-hydrogen) atoms. The molecular formula is C42H42N2. The Morgan fingerprint density at radius 2 is 1.45 bits per heavy atom. The molecule has 0 saturated carbocycles. The van der Waals surface area contributed by atoms with Crippen LogP contribution in [0.2, 0.25) is 0 Å². The van der Waals surface area contributed by atoms with E-state index in [4.69, 9.17) is 0 Å². The summed E-state index contributed by atoms with van der Waals surface area (Å²) in [6.07, 6.45) is 11.2. The third-order valence-corrected chi connectivity index (χ3v) is 8.04. The van der Waals surface area contributed by atoms with Gasteiger partial charge in [0.15, 0.2) is 0 Å². The van der Waals surface area contributed by atoms with Crippen LogP contribution in [0.1, 0.15) is 45.2 Å². The average molecular weight is 575 g/mol. The number of H-pyrrole nitrogens is 1. The Kier molecular flexibility index (Phi) is 9.31. The van der Waals surface area contributed by atoms with E-state index in [1.807, 2.05) is 45.1 Å². The van der Waals surface area contributed by atoms with Gasteiger partial charge in [-0.1, -0.05) is 118 Å². The standard InChI is InChI=1S/C33H24N2.C7H12.C2H6/c1-3-4-14-25-21(2)15-16-31-33(25)28-19-27-26-17-22-10-8-9-11-23(22)18-29(26)34-30(27)20-32(28)35(31)24-12-6-5-7-13-24;1-4-6-7(3)5-2;1-2/h3-20,34H,1H2,2H3;4,6H,3,5H2,1-2H3;1-2H3/b14-4-;6-4-;. The highest BCUT2D eigenvalue weighted by molar-refractivity contribution is 6.21. The second-order valence-electron chi connectivity index (χ2n) is 10.8. The lowest BCUT2D eigenvalue weighted by molar-refractivity contribution is 1.16. The number of allylic oxidation sites excluding steroid dienone is 5. The van der Waals surface area contributed by atoms with Crippen LogP contribution in [0.5, 0.6) is 0 Å². The normalized spacial score (nSPS) is 11.4. The molecule has 220 valence electrons. The predicted molar refractivity (Wildman–Crippen MR) is 197 cm³/mol. The van der Waals surface area contributed by atoms with Crippen LogP contribution in [0, 0.1) is 6.92 Å². The molecule has 0 fully saturated rings. The van der Waals surface area contributed by atoms with E-state index in [0.717, 1.165) is 17.6 Å².